The van der Waals surface area contributed by atoms with E-state index in [-0.39, 0.29) is 11.6 Å². The monoisotopic (exact) mass is 700 g/mol. The molecule has 12 aromatic rings. The maximum absolute atomic E-state index is 14.4. The van der Waals surface area contributed by atoms with Crippen molar-refractivity contribution in [3.63, 3.8) is 0 Å². The van der Waals surface area contributed by atoms with Crippen LogP contribution >= 0.6 is 0 Å². The van der Waals surface area contributed by atoms with E-state index in [4.69, 9.17) is 8.83 Å². The number of hydrogen-bond donors (Lipinski definition) is 0. The van der Waals surface area contributed by atoms with Gasteiger partial charge in [-0.05, 0) is 120 Å². The fraction of sp³-hybridized carbons (Fsp3) is 0. The van der Waals surface area contributed by atoms with Gasteiger partial charge in [0, 0.05) is 54.5 Å². The van der Waals surface area contributed by atoms with E-state index in [9.17, 15) is 8.78 Å². The summed E-state index contributed by atoms with van der Waals surface area (Å²) in [5.41, 5.74) is 11.2. The SMILES string of the molecule is Fc1ccc2c(c1)c1ccccc1n2-c1ccc2oc3ccc(-c4ccc5oc6ccc(-n7c8ccccc8c8cc(F)ccc87)cc6c5c4)cc3c2c1. The van der Waals surface area contributed by atoms with Gasteiger partial charge in [-0.25, -0.2) is 8.78 Å². The number of aromatic nitrogens is 2. The van der Waals surface area contributed by atoms with Crippen LogP contribution in [0.5, 0.6) is 0 Å². The predicted octanol–water partition coefficient (Wildman–Crippen LogP) is 13.6. The van der Waals surface area contributed by atoms with Crippen molar-refractivity contribution in [3.8, 4) is 22.5 Å². The van der Waals surface area contributed by atoms with E-state index < -0.39 is 0 Å². The van der Waals surface area contributed by atoms with Crippen molar-refractivity contribution in [2.24, 2.45) is 0 Å². The lowest BCUT2D eigenvalue weighted by Gasteiger charge is -2.08. The highest BCUT2D eigenvalue weighted by Crippen LogP contribution is 2.40. The molecule has 0 unspecified atom stereocenters. The van der Waals surface area contributed by atoms with Gasteiger partial charge in [0.15, 0.2) is 0 Å². The molecule has 0 bridgehead atoms. The van der Waals surface area contributed by atoms with Crippen LogP contribution < -0.4 is 0 Å². The van der Waals surface area contributed by atoms with E-state index in [2.05, 4.69) is 69.8 Å². The zero-order chi connectivity index (χ0) is 35.7. The van der Waals surface area contributed by atoms with Crippen LogP contribution in [-0.4, -0.2) is 9.13 Å². The minimum absolute atomic E-state index is 0.253. The fourth-order valence-corrected chi connectivity index (χ4v) is 8.61. The number of nitrogens with zero attached hydrogens (tertiary/aromatic N) is 2. The molecular formula is C48H26F2N2O2. The second-order valence-corrected chi connectivity index (χ2v) is 14.0. The third-order valence-corrected chi connectivity index (χ3v) is 11.0. The topological polar surface area (TPSA) is 36.1 Å². The Morgan fingerprint density at radius 1 is 0.315 bits per heavy atom. The maximum Gasteiger partial charge on any atom is 0.135 e. The fourth-order valence-electron chi connectivity index (χ4n) is 8.61. The highest BCUT2D eigenvalue weighted by molar-refractivity contribution is 6.13. The zero-order valence-electron chi connectivity index (χ0n) is 28.5. The lowest BCUT2D eigenvalue weighted by Crippen LogP contribution is -1.93. The third kappa shape index (κ3) is 4.10. The Labute approximate surface area is 305 Å². The highest BCUT2D eigenvalue weighted by Gasteiger charge is 2.18. The lowest BCUT2D eigenvalue weighted by atomic mass is 10.0. The molecule has 8 aromatic carbocycles. The molecule has 0 aliphatic carbocycles. The largest absolute Gasteiger partial charge is 0.456 e. The normalized spacial score (nSPS) is 12.3. The first-order valence-electron chi connectivity index (χ1n) is 17.9. The van der Waals surface area contributed by atoms with Crippen LogP contribution in [0, 0.1) is 11.6 Å². The van der Waals surface area contributed by atoms with Crippen molar-refractivity contribution in [3.05, 3.63) is 169 Å². The molecule has 12 rings (SSSR count). The molecule has 0 atom stereocenters. The van der Waals surface area contributed by atoms with Crippen molar-refractivity contribution in [2.45, 2.75) is 0 Å². The van der Waals surface area contributed by atoms with Crippen molar-refractivity contribution < 1.29 is 17.6 Å². The average Bonchev–Trinajstić information content (AvgIpc) is 3.94. The molecule has 6 heteroatoms. The summed E-state index contributed by atoms with van der Waals surface area (Å²) in [6.07, 6.45) is 0. The van der Waals surface area contributed by atoms with Gasteiger partial charge in [-0.3, -0.25) is 0 Å². The summed E-state index contributed by atoms with van der Waals surface area (Å²) in [5, 5.41) is 7.80. The van der Waals surface area contributed by atoms with Gasteiger partial charge >= 0.3 is 0 Å². The van der Waals surface area contributed by atoms with Gasteiger partial charge < -0.3 is 18.0 Å². The third-order valence-electron chi connectivity index (χ3n) is 11.0. The Morgan fingerprint density at radius 2 is 0.704 bits per heavy atom. The van der Waals surface area contributed by atoms with Crippen LogP contribution in [-0.2, 0) is 0 Å². The van der Waals surface area contributed by atoms with E-state index in [1.807, 2.05) is 72.8 Å². The number of para-hydroxylation sites is 2. The Kier molecular flexibility index (Phi) is 5.82. The van der Waals surface area contributed by atoms with E-state index in [1.165, 1.54) is 12.1 Å². The zero-order valence-corrected chi connectivity index (χ0v) is 28.5. The summed E-state index contributed by atoms with van der Waals surface area (Å²) in [6.45, 7) is 0. The first kappa shape index (κ1) is 29.4. The lowest BCUT2D eigenvalue weighted by molar-refractivity contribution is 0.629. The van der Waals surface area contributed by atoms with Gasteiger partial charge in [0.1, 0.15) is 34.0 Å². The van der Waals surface area contributed by atoms with Gasteiger partial charge in [-0.2, -0.15) is 0 Å². The van der Waals surface area contributed by atoms with Crippen molar-refractivity contribution in [1.82, 2.24) is 9.13 Å². The minimum Gasteiger partial charge on any atom is -0.456 e. The van der Waals surface area contributed by atoms with Crippen molar-refractivity contribution >= 4 is 87.5 Å². The first-order chi connectivity index (χ1) is 26.6. The quantitative estimate of drug-likeness (QED) is 0.184. The molecular weight excluding hydrogens is 675 g/mol. The van der Waals surface area contributed by atoms with Gasteiger partial charge in [0.25, 0.3) is 0 Å². The number of benzene rings is 8. The minimum atomic E-state index is -0.253. The van der Waals surface area contributed by atoms with Crippen LogP contribution in [0.15, 0.2) is 167 Å². The molecule has 254 valence electrons. The Balaban J connectivity index is 1.01. The first-order valence-corrected chi connectivity index (χ1v) is 17.9. The van der Waals surface area contributed by atoms with Crippen molar-refractivity contribution in [2.75, 3.05) is 0 Å². The number of fused-ring (bicyclic) bond motifs is 12. The predicted molar refractivity (Wildman–Crippen MR) is 215 cm³/mol. The summed E-state index contributed by atoms with van der Waals surface area (Å²) in [5.74, 6) is -0.505. The van der Waals surface area contributed by atoms with Gasteiger partial charge in [-0.1, -0.05) is 48.5 Å². The molecule has 0 saturated heterocycles. The second-order valence-electron chi connectivity index (χ2n) is 14.0. The molecule has 0 aliphatic rings. The van der Waals surface area contributed by atoms with Crippen LogP contribution in [0.3, 0.4) is 0 Å². The van der Waals surface area contributed by atoms with Gasteiger partial charge in [-0.15, -0.1) is 0 Å². The number of rotatable bonds is 3. The summed E-state index contributed by atoms with van der Waals surface area (Å²) in [7, 11) is 0. The Bertz CT molecular complexity index is 3310. The molecule has 54 heavy (non-hydrogen) atoms. The van der Waals surface area contributed by atoms with E-state index in [0.717, 1.165) is 110 Å². The second kappa shape index (κ2) is 10.7. The van der Waals surface area contributed by atoms with Gasteiger partial charge in [0.2, 0.25) is 0 Å². The summed E-state index contributed by atoms with van der Waals surface area (Å²) in [4.78, 5) is 0. The standard InChI is InChI=1S/C48H26F2N2O2/c49-29-11-15-43-35(23-29)33-5-1-3-7-41(33)51(43)31-13-19-47-39(25-31)37-21-27(9-17-45(37)53-47)28-10-18-46-38(22-28)40-26-32(14-20-48(40)54-46)52-42-8-4-2-6-34(42)36-24-30(50)12-16-44(36)52/h1-26H. The molecule has 0 N–H and O–H groups in total. The van der Waals surface area contributed by atoms with E-state index in [0.29, 0.717) is 0 Å². The summed E-state index contributed by atoms with van der Waals surface area (Å²) < 4.78 is 45.8. The number of halogens is 2. The van der Waals surface area contributed by atoms with Crippen LogP contribution in [0.4, 0.5) is 8.78 Å². The average molecular weight is 701 g/mol. The van der Waals surface area contributed by atoms with Crippen LogP contribution in [0.25, 0.3) is 110 Å². The maximum atomic E-state index is 14.4. The molecule has 0 fully saturated rings. The van der Waals surface area contributed by atoms with Crippen LogP contribution in [0.2, 0.25) is 0 Å². The van der Waals surface area contributed by atoms with Crippen molar-refractivity contribution in [1.29, 1.82) is 0 Å². The molecule has 0 radical (unpaired) electrons. The number of hydrogen-bond acceptors (Lipinski definition) is 2. The van der Waals surface area contributed by atoms with Gasteiger partial charge in [0.05, 0.1) is 22.1 Å². The highest BCUT2D eigenvalue weighted by atomic mass is 19.1. The summed E-state index contributed by atoms with van der Waals surface area (Å²) in [6, 6.07) is 51.3. The molecule has 4 nitrogen and oxygen atoms in total. The smallest absolute Gasteiger partial charge is 0.135 e. The molecule has 0 aliphatic heterocycles. The Morgan fingerprint density at radius 3 is 1.17 bits per heavy atom. The molecule has 4 aromatic heterocycles. The van der Waals surface area contributed by atoms with Crippen LogP contribution in [0.1, 0.15) is 0 Å². The number of furan rings is 2. The summed E-state index contributed by atoms with van der Waals surface area (Å²) >= 11 is 0. The molecule has 0 amide bonds. The van der Waals surface area contributed by atoms with E-state index >= 15 is 0 Å². The molecule has 4 heterocycles. The Hall–Kier alpha value is -7.18. The molecule has 0 saturated carbocycles. The molecule has 0 spiro atoms. The van der Waals surface area contributed by atoms with E-state index in [1.54, 1.807) is 12.1 Å².